The Bertz CT molecular complexity index is 2600. The minimum atomic E-state index is 0.945. The molecule has 0 amide bonds. The third-order valence-electron chi connectivity index (χ3n) is 10.2. The zero-order valence-corrected chi connectivity index (χ0v) is 29.9. The van der Waals surface area contributed by atoms with Gasteiger partial charge in [-0.2, -0.15) is 0 Å². The van der Waals surface area contributed by atoms with Crippen molar-refractivity contribution in [3.63, 3.8) is 0 Å². The Balaban J connectivity index is 1.12. The van der Waals surface area contributed by atoms with Gasteiger partial charge < -0.3 is 0 Å². The standard InChI is InChI=1S/C52H38N2/c1-5-14-37(15-6-1)39-24-28-43(29-25-39)51-35-47(33-49(53-51)41-18-9-3-10-19-41)45-22-13-23-46(32-45)48-34-50(42-20-11-4-12-21-42)54-52(36-48)44-30-26-40(27-31-44)38-16-7-2-8-17-38/h1-11,13-20,22-36H,12,21H2. The number of pyridine rings is 2. The molecule has 1 aliphatic rings. The van der Waals surface area contributed by atoms with Crippen LogP contribution in [0.2, 0.25) is 0 Å². The van der Waals surface area contributed by atoms with Gasteiger partial charge in [0.15, 0.2) is 0 Å². The van der Waals surface area contributed by atoms with Crippen molar-refractivity contribution in [2.75, 3.05) is 0 Å². The summed E-state index contributed by atoms with van der Waals surface area (Å²) in [7, 11) is 0. The molecule has 0 radical (unpaired) electrons. The molecule has 0 bridgehead atoms. The minimum absolute atomic E-state index is 0.945. The summed E-state index contributed by atoms with van der Waals surface area (Å²) in [5, 5.41) is 0. The Hall–Kier alpha value is -6.90. The molecule has 0 aliphatic heterocycles. The Morgan fingerprint density at radius 3 is 1.13 bits per heavy atom. The van der Waals surface area contributed by atoms with E-state index in [0.717, 1.165) is 74.6 Å². The largest absolute Gasteiger partial charge is 0.248 e. The van der Waals surface area contributed by atoms with Crippen molar-refractivity contribution in [1.29, 1.82) is 0 Å². The molecule has 0 saturated carbocycles. The van der Waals surface area contributed by atoms with Crippen LogP contribution >= 0.6 is 0 Å². The maximum absolute atomic E-state index is 5.24. The first-order valence-corrected chi connectivity index (χ1v) is 18.6. The summed E-state index contributed by atoms with van der Waals surface area (Å²) in [6, 6.07) is 66.8. The summed E-state index contributed by atoms with van der Waals surface area (Å²) < 4.78 is 0. The molecule has 8 aromatic rings. The summed E-state index contributed by atoms with van der Waals surface area (Å²) in [5.41, 5.74) is 17.8. The summed E-state index contributed by atoms with van der Waals surface area (Å²) in [4.78, 5) is 10.4. The predicted octanol–water partition coefficient (Wildman–Crippen LogP) is 13.9. The second-order valence-electron chi connectivity index (χ2n) is 13.7. The van der Waals surface area contributed by atoms with Crippen molar-refractivity contribution >= 4 is 5.57 Å². The van der Waals surface area contributed by atoms with Gasteiger partial charge in [0, 0.05) is 16.7 Å². The van der Waals surface area contributed by atoms with E-state index in [1.165, 1.54) is 27.8 Å². The van der Waals surface area contributed by atoms with Crippen LogP contribution in [-0.4, -0.2) is 9.97 Å². The molecule has 0 unspecified atom stereocenters. The van der Waals surface area contributed by atoms with Crippen LogP contribution in [0.3, 0.4) is 0 Å². The fraction of sp³-hybridized carbons (Fsp3) is 0.0385. The van der Waals surface area contributed by atoms with Gasteiger partial charge in [0.05, 0.1) is 22.8 Å². The molecule has 0 saturated heterocycles. The lowest BCUT2D eigenvalue weighted by Crippen LogP contribution is -1.96. The van der Waals surface area contributed by atoms with Crippen molar-refractivity contribution < 1.29 is 0 Å². The second-order valence-corrected chi connectivity index (χ2v) is 13.7. The summed E-state index contributed by atoms with van der Waals surface area (Å²) in [6.45, 7) is 0. The Kier molecular flexibility index (Phi) is 9.15. The molecular formula is C52H38N2. The van der Waals surface area contributed by atoms with E-state index in [1.807, 2.05) is 0 Å². The molecule has 9 rings (SSSR count). The number of hydrogen-bond acceptors (Lipinski definition) is 2. The van der Waals surface area contributed by atoms with Crippen LogP contribution in [-0.2, 0) is 0 Å². The molecule has 54 heavy (non-hydrogen) atoms. The molecule has 6 aromatic carbocycles. The number of rotatable bonds is 8. The lowest BCUT2D eigenvalue weighted by Gasteiger charge is -2.15. The van der Waals surface area contributed by atoms with Crippen LogP contribution in [0.5, 0.6) is 0 Å². The van der Waals surface area contributed by atoms with Crippen LogP contribution in [0.25, 0.3) is 83.9 Å². The van der Waals surface area contributed by atoms with Gasteiger partial charge in [0.25, 0.3) is 0 Å². The van der Waals surface area contributed by atoms with E-state index in [-0.39, 0.29) is 0 Å². The highest BCUT2D eigenvalue weighted by atomic mass is 14.7. The Labute approximate surface area is 317 Å². The maximum Gasteiger partial charge on any atom is 0.0715 e. The average molecular weight is 691 g/mol. The van der Waals surface area contributed by atoms with Crippen LogP contribution < -0.4 is 0 Å². The molecule has 0 fully saturated rings. The van der Waals surface area contributed by atoms with Crippen molar-refractivity contribution in [1.82, 2.24) is 9.97 Å². The van der Waals surface area contributed by atoms with Crippen molar-refractivity contribution in [3.05, 3.63) is 212 Å². The predicted molar refractivity (Wildman–Crippen MR) is 226 cm³/mol. The molecule has 1 aliphatic carbocycles. The van der Waals surface area contributed by atoms with Gasteiger partial charge in [-0.25, -0.2) is 9.97 Å². The van der Waals surface area contributed by atoms with Crippen LogP contribution in [0.15, 0.2) is 206 Å². The zero-order chi connectivity index (χ0) is 36.1. The van der Waals surface area contributed by atoms with Gasteiger partial charge in [-0.3, -0.25) is 0 Å². The normalized spacial score (nSPS) is 12.3. The molecule has 0 spiro atoms. The van der Waals surface area contributed by atoms with E-state index in [4.69, 9.17) is 9.97 Å². The lowest BCUT2D eigenvalue weighted by atomic mass is 9.94. The number of hydrogen-bond donors (Lipinski definition) is 0. The van der Waals surface area contributed by atoms with E-state index in [2.05, 4.69) is 206 Å². The fourth-order valence-electron chi connectivity index (χ4n) is 7.23. The topological polar surface area (TPSA) is 25.8 Å². The molecule has 2 aromatic heterocycles. The molecule has 2 nitrogen and oxygen atoms in total. The summed E-state index contributed by atoms with van der Waals surface area (Å²) >= 11 is 0. The molecule has 0 atom stereocenters. The van der Waals surface area contributed by atoms with Crippen LogP contribution in [0.1, 0.15) is 18.5 Å². The quantitative estimate of drug-likeness (QED) is 0.159. The van der Waals surface area contributed by atoms with Crippen LogP contribution in [0.4, 0.5) is 0 Å². The van der Waals surface area contributed by atoms with Gasteiger partial charge >= 0.3 is 0 Å². The molecule has 2 heterocycles. The minimum Gasteiger partial charge on any atom is -0.248 e. The third kappa shape index (κ3) is 7.11. The van der Waals surface area contributed by atoms with Crippen molar-refractivity contribution in [2.45, 2.75) is 12.8 Å². The maximum atomic E-state index is 5.24. The van der Waals surface area contributed by atoms with Crippen LogP contribution in [0, 0.1) is 0 Å². The van der Waals surface area contributed by atoms with Gasteiger partial charge in [-0.05, 0) is 93.3 Å². The van der Waals surface area contributed by atoms with E-state index in [0.29, 0.717) is 0 Å². The molecular weight excluding hydrogens is 653 g/mol. The first-order valence-electron chi connectivity index (χ1n) is 18.6. The first-order chi connectivity index (χ1) is 26.7. The summed E-state index contributed by atoms with van der Waals surface area (Å²) in [5.74, 6) is 0. The zero-order valence-electron chi connectivity index (χ0n) is 29.9. The fourth-order valence-corrected chi connectivity index (χ4v) is 7.23. The highest BCUT2D eigenvalue weighted by molar-refractivity contribution is 5.83. The Morgan fingerprint density at radius 1 is 0.296 bits per heavy atom. The number of nitrogens with zero attached hydrogens (tertiary/aromatic N) is 2. The third-order valence-corrected chi connectivity index (χ3v) is 10.2. The van der Waals surface area contributed by atoms with Gasteiger partial charge in [0.1, 0.15) is 0 Å². The van der Waals surface area contributed by atoms with Gasteiger partial charge in [-0.1, -0.05) is 176 Å². The lowest BCUT2D eigenvalue weighted by molar-refractivity contribution is 1.04. The van der Waals surface area contributed by atoms with Crippen molar-refractivity contribution in [2.24, 2.45) is 0 Å². The van der Waals surface area contributed by atoms with Gasteiger partial charge in [-0.15, -0.1) is 0 Å². The van der Waals surface area contributed by atoms with E-state index in [9.17, 15) is 0 Å². The molecule has 2 heteroatoms. The monoisotopic (exact) mass is 690 g/mol. The van der Waals surface area contributed by atoms with E-state index >= 15 is 0 Å². The number of allylic oxidation sites excluding steroid dienone is 4. The van der Waals surface area contributed by atoms with E-state index in [1.54, 1.807) is 0 Å². The summed E-state index contributed by atoms with van der Waals surface area (Å²) in [6.07, 6.45) is 8.60. The number of aromatic nitrogens is 2. The first kappa shape index (κ1) is 33.0. The smallest absolute Gasteiger partial charge is 0.0715 e. The highest BCUT2D eigenvalue weighted by Crippen LogP contribution is 2.36. The number of benzene rings is 6. The average Bonchev–Trinajstić information content (AvgIpc) is 3.27. The highest BCUT2D eigenvalue weighted by Gasteiger charge is 2.14. The van der Waals surface area contributed by atoms with Crippen molar-refractivity contribution in [3.8, 4) is 78.3 Å². The SMILES string of the molecule is C1=CCCC(c2cc(-c3cccc(-c4cc(-c5ccccc5)nc(-c5ccc(-c6ccccc6)cc5)c4)c3)cc(-c3ccc(-c4ccccc4)cc3)n2)=C1. The van der Waals surface area contributed by atoms with Gasteiger partial charge in [0.2, 0.25) is 0 Å². The molecule has 0 N–H and O–H groups in total. The Morgan fingerprint density at radius 2 is 0.667 bits per heavy atom. The van der Waals surface area contributed by atoms with E-state index < -0.39 is 0 Å². The molecule has 256 valence electrons. The second kappa shape index (κ2) is 15.0.